The SMILES string of the molecule is CC(C)CNCc1ccc(N2CCC(C)(O)C2)cc1Cl. The molecule has 3 nitrogen and oxygen atoms in total. The summed E-state index contributed by atoms with van der Waals surface area (Å²) in [4.78, 5) is 2.19. The third kappa shape index (κ3) is 4.11. The van der Waals surface area contributed by atoms with Gasteiger partial charge in [-0.15, -0.1) is 0 Å². The molecule has 112 valence electrons. The number of anilines is 1. The molecule has 1 aromatic rings. The van der Waals surface area contributed by atoms with E-state index in [1.165, 1.54) is 0 Å². The lowest BCUT2D eigenvalue weighted by molar-refractivity contribution is 0.0839. The van der Waals surface area contributed by atoms with E-state index in [1.807, 2.05) is 13.0 Å². The summed E-state index contributed by atoms with van der Waals surface area (Å²) in [5.41, 5.74) is 1.65. The standard InChI is InChI=1S/C16H25ClN2O/c1-12(2)9-18-10-13-4-5-14(8-15(13)17)19-7-6-16(3,20)11-19/h4-5,8,12,18,20H,6-7,9-11H2,1-3H3. The summed E-state index contributed by atoms with van der Waals surface area (Å²) in [5.74, 6) is 0.639. The van der Waals surface area contributed by atoms with Gasteiger partial charge in [-0.2, -0.15) is 0 Å². The van der Waals surface area contributed by atoms with Crippen LogP contribution in [0.3, 0.4) is 0 Å². The van der Waals surface area contributed by atoms with Crippen LogP contribution in [0, 0.1) is 5.92 Å². The first kappa shape index (κ1) is 15.6. The maximum Gasteiger partial charge on any atom is 0.0810 e. The molecule has 1 saturated heterocycles. The van der Waals surface area contributed by atoms with Crippen molar-refractivity contribution in [1.82, 2.24) is 5.32 Å². The van der Waals surface area contributed by atoms with Crippen LogP contribution in [0.2, 0.25) is 5.02 Å². The van der Waals surface area contributed by atoms with Crippen molar-refractivity contribution in [3.05, 3.63) is 28.8 Å². The van der Waals surface area contributed by atoms with E-state index in [2.05, 4.69) is 36.2 Å². The van der Waals surface area contributed by atoms with Gasteiger partial charge in [-0.3, -0.25) is 0 Å². The fourth-order valence-electron chi connectivity index (χ4n) is 2.54. The highest BCUT2D eigenvalue weighted by molar-refractivity contribution is 6.31. The molecule has 1 unspecified atom stereocenters. The summed E-state index contributed by atoms with van der Waals surface area (Å²) in [6, 6.07) is 6.19. The predicted octanol–water partition coefficient (Wildman–Crippen LogP) is 3.05. The lowest BCUT2D eigenvalue weighted by Crippen LogP contribution is -2.29. The van der Waals surface area contributed by atoms with Crippen molar-refractivity contribution in [2.75, 3.05) is 24.5 Å². The molecule has 0 amide bonds. The van der Waals surface area contributed by atoms with Crippen LogP contribution >= 0.6 is 11.6 Å². The van der Waals surface area contributed by atoms with E-state index in [4.69, 9.17) is 11.6 Å². The van der Waals surface area contributed by atoms with Gasteiger partial charge in [0, 0.05) is 30.3 Å². The van der Waals surface area contributed by atoms with E-state index in [-0.39, 0.29) is 0 Å². The number of rotatable bonds is 5. The maximum absolute atomic E-state index is 10.0. The molecule has 0 saturated carbocycles. The Balaban J connectivity index is 1.99. The molecule has 1 heterocycles. The van der Waals surface area contributed by atoms with Crippen molar-refractivity contribution >= 4 is 17.3 Å². The molecule has 1 fully saturated rings. The van der Waals surface area contributed by atoms with Gasteiger partial charge in [0.05, 0.1) is 5.60 Å². The second kappa shape index (κ2) is 6.33. The van der Waals surface area contributed by atoms with E-state index < -0.39 is 5.60 Å². The minimum Gasteiger partial charge on any atom is -0.388 e. The van der Waals surface area contributed by atoms with Crippen LogP contribution < -0.4 is 10.2 Å². The Morgan fingerprint density at radius 2 is 2.20 bits per heavy atom. The van der Waals surface area contributed by atoms with Gasteiger partial charge in [0.15, 0.2) is 0 Å². The molecular formula is C16H25ClN2O. The Bertz CT molecular complexity index is 460. The highest BCUT2D eigenvalue weighted by Crippen LogP contribution is 2.29. The Labute approximate surface area is 126 Å². The molecule has 0 spiro atoms. The van der Waals surface area contributed by atoms with Crippen molar-refractivity contribution in [1.29, 1.82) is 0 Å². The number of hydrogen-bond donors (Lipinski definition) is 2. The van der Waals surface area contributed by atoms with Gasteiger partial charge in [0.1, 0.15) is 0 Å². The molecule has 0 radical (unpaired) electrons. The average Bonchev–Trinajstić information content (AvgIpc) is 2.71. The quantitative estimate of drug-likeness (QED) is 0.877. The zero-order chi connectivity index (χ0) is 14.8. The van der Waals surface area contributed by atoms with Crippen molar-refractivity contribution in [3.8, 4) is 0 Å². The number of β-amino-alcohol motifs (C(OH)–C–C–N with tert-alkyl or cyclic N) is 1. The smallest absolute Gasteiger partial charge is 0.0810 e. The Kier molecular flexibility index (Phi) is 4.95. The van der Waals surface area contributed by atoms with Gasteiger partial charge in [0.25, 0.3) is 0 Å². The van der Waals surface area contributed by atoms with Crippen LogP contribution in [-0.2, 0) is 6.54 Å². The molecule has 0 bridgehead atoms. The molecule has 2 N–H and O–H groups in total. The summed E-state index contributed by atoms with van der Waals surface area (Å²) in [7, 11) is 0. The predicted molar refractivity (Wildman–Crippen MR) is 85.5 cm³/mol. The molecule has 1 aliphatic rings. The molecule has 20 heavy (non-hydrogen) atoms. The zero-order valence-corrected chi connectivity index (χ0v) is 13.4. The van der Waals surface area contributed by atoms with Gasteiger partial charge in [0.2, 0.25) is 0 Å². The topological polar surface area (TPSA) is 35.5 Å². The van der Waals surface area contributed by atoms with Gasteiger partial charge in [-0.05, 0) is 43.5 Å². The average molecular weight is 297 g/mol. The van der Waals surface area contributed by atoms with Gasteiger partial charge in [-0.1, -0.05) is 31.5 Å². The second-order valence-electron chi connectivity index (χ2n) is 6.47. The first-order valence-electron chi connectivity index (χ1n) is 7.34. The fraction of sp³-hybridized carbons (Fsp3) is 0.625. The number of nitrogens with zero attached hydrogens (tertiary/aromatic N) is 1. The van der Waals surface area contributed by atoms with Crippen LogP contribution in [0.15, 0.2) is 18.2 Å². The van der Waals surface area contributed by atoms with Crippen LogP contribution in [0.25, 0.3) is 0 Å². The number of aliphatic hydroxyl groups is 1. The minimum atomic E-state index is -0.579. The van der Waals surface area contributed by atoms with Crippen LogP contribution in [0.4, 0.5) is 5.69 Å². The first-order chi connectivity index (χ1) is 9.37. The highest BCUT2D eigenvalue weighted by atomic mass is 35.5. The van der Waals surface area contributed by atoms with Gasteiger partial charge >= 0.3 is 0 Å². The molecule has 1 aromatic carbocycles. The molecular weight excluding hydrogens is 272 g/mol. The molecule has 4 heteroatoms. The van der Waals surface area contributed by atoms with Crippen molar-refractivity contribution in [3.63, 3.8) is 0 Å². The highest BCUT2D eigenvalue weighted by Gasteiger charge is 2.31. The zero-order valence-electron chi connectivity index (χ0n) is 12.6. The summed E-state index contributed by atoms with van der Waals surface area (Å²) in [6.07, 6.45) is 0.808. The van der Waals surface area contributed by atoms with E-state index in [9.17, 15) is 5.11 Å². The Hall–Kier alpha value is -0.770. The molecule has 2 rings (SSSR count). The van der Waals surface area contributed by atoms with E-state index in [1.54, 1.807) is 0 Å². The van der Waals surface area contributed by atoms with Crippen molar-refractivity contribution in [2.45, 2.75) is 39.3 Å². The summed E-state index contributed by atoms with van der Waals surface area (Å²) in [6.45, 7) is 9.62. The normalized spacial score (nSPS) is 22.8. The molecule has 0 aliphatic carbocycles. The Morgan fingerprint density at radius 1 is 1.45 bits per heavy atom. The lowest BCUT2D eigenvalue weighted by atomic mass is 10.1. The van der Waals surface area contributed by atoms with Gasteiger partial charge < -0.3 is 15.3 Å². The second-order valence-corrected chi connectivity index (χ2v) is 6.88. The number of nitrogens with one attached hydrogen (secondary N) is 1. The summed E-state index contributed by atoms with van der Waals surface area (Å²) in [5, 5.41) is 14.2. The minimum absolute atomic E-state index is 0.579. The summed E-state index contributed by atoms with van der Waals surface area (Å²) < 4.78 is 0. The number of halogens is 1. The first-order valence-corrected chi connectivity index (χ1v) is 7.72. The largest absolute Gasteiger partial charge is 0.388 e. The van der Waals surface area contributed by atoms with Crippen LogP contribution in [0.5, 0.6) is 0 Å². The maximum atomic E-state index is 10.0. The summed E-state index contributed by atoms with van der Waals surface area (Å²) >= 11 is 6.37. The van der Waals surface area contributed by atoms with E-state index >= 15 is 0 Å². The molecule has 0 aromatic heterocycles. The fourth-order valence-corrected chi connectivity index (χ4v) is 2.78. The van der Waals surface area contributed by atoms with E-state index in [0.717, 1.165) is 42.3 Å². The molecule has 1 atom stereocenters. The number of benzene rings is 1. The number of hydrogen-bond acceptors (Lipinski definition) is 3. The van der Waals surface area contributed by atoms with E-state index in [0.29, 0.717) is 12.5 Å². The van der Waals surface area contributed by atoms with Gasteiger partial charge in [-0.25, -0.2) is 0 Å². The van der Waals surface area contributed by atoms with Crippen LogP contribution in [0.1, 0.15) is 32.8 Å². The third-order valence-electron chi connectivity index (χ3n) is 3.72. The van der Waals surface area contributed by atoms with Crippen LogP contribution in [-0.4, -0.2) is 30.3 Å². The monoisotopic (exact) mass is 296 g/mol. The van der Waals surface area contributed by atoms with Crippen molar-refractivity contribution in [2.24, 2.45) is 5.92 Å². The lowest BCUT2D eigenvalue weighted by Gasteiger charge is -2.21. The third-order valence-corrected chi connectivity index (χ3v) is 4.07. The molecule has 1 aliphatic heterocycles. The van der Waals surface area contributed by atoms with Crippen molar-refractivity contribution < 1.29 is 5.11 Å². The Morgan fingerprint density at radius 3 is 2.75 bits per heavy atom.